The van der Waals surface area contributed by atoms with Crippen LogP contribution in [0.1, 0.15) is 18.0 Å². The minimum absolute atomic E-state index is 0.0460. The molecular weight excluding hydrogens is 386 g/mol. The Morgan fingerprint density at radius 2 is 2.00 bits per heavy atom. The van der Waals surface area contributed by atoms with E-state index in [-0.39, 0.29) is 17.7 Å². The molecule has 0 fully saturated rings. The lowest BCUT2D eigenvalue weighted by Crippen LogP contribution is -2.33. The van der Waals surface area contributed by atoms with Crippen LogP contribution in [0.25, 0.3) is 11.5 Å². The van der Waals surface area contributed by atoms with Gasteiger partial charge in [0, 0.05) is 22.6 Å². The van der Waals surface area contributed by atoms with Gasteiger partial charge < -0.3 is 14.5 Å². The predicted octanol–water partition coefficient (Wildman–Crippen LogP) is 4.12. The number of carbonyl (C=O) groups is 1. The number of benzene rings is 2. The van der Waals surface area contributed by atoms with Crippen molar-refractivity contribution in [1.82, 2.24) is 15.5 Å². The number of nitrogens with one attached hydrogen (secondary N) is 1. The van der Waals surface area contributed by atoms with Crippen molar-refractivity contribution in [3.05, 3.63) is 59.1 Å². The molecule has 1 atom stereocenters. The van der Waals surface area contributed by atoms with Gasteiger partial charge in [-0.25, -0.2) is 0 Å². The summed E-state index contributed by atoms with van der Waals surface area (Å²) in [6.45, 7) is 0.587. The van der Waals surface area contributed by atoms with Gasteiger partial charge in [-0.1, -0.05) is 41.6 Å². The van der Waals surface area contributed by atoms with Crippen LogP contribution in [0, 0.1) is 0 Å². The van der Waals surface area contributed by atoms with Gasteiger partial charge in [0.2, 0.25) is 11.8 Å². The zero-order valence-electron chi connectivity index (χ0n) is 14.2. The molecule has 0 saturated carbocycles. The highest BCUT2D eigenvalue weighted by Crippen LogP contribution is 2.31. The van der Waals surface area contributed by atoms with Gasteiger partial charge in [0.05, 0.1) is 18.4 Å². The standard InChI is InChI=1S/C19H16ClN3O3S/c20-13-7-5-12(6-8-13)18-22-23-19(26-18)27-11-17(24)21-15-9-10-25-16-4-2-1-3-14(15)16/h1-8,15H,9-11H2,(H,21,24). The molecule has 2 heterocycles. The average molecular weight is 402 g/mol. The van der Waals surface area contributed by atoms with E-state index >= 15 is 0 Å². The molecule has 138 valence electrons. The van der Waals surface area contributed by atoms with Gasteiger partial charge in [0.1, 0.15) is 5.75 Å². The second-order valence-corrected chi connectivity index (χ2v) is 7.33. The summed E-state index contributed by atoms with van der Waals surface area (Å²) in [4.78, 5) is 12.3. The maximum Gasteiger partial charge on any atom is 0.277 e. The van der Waals surface area contributed by atoms with Crippen molar-refractivity contribution in [2.45, 2.75) is 17.7 Å². The van der Waals surface area contributed by atoms with Gasteiger partial charge in [-0.3, -0.25) is 4.79 Å². The number of halogens is 1. The molecule has 8 heteroatoms. The van der Waals surface area contributed by atoms with E-state index in [1.165, 1.54) is 11.8 Å². The van der Waals surface area contributed by atoms with Crippen LogP contribution in [0.4, 0.5) is 0 Å². The Balaban J connectivity index is 1.34. The molecule has 1 unspecified atom stereocenters. The number of thioether (sulfide) groups is 1. The van der Waals surface area contributed by atoms with Gasteiger partial charge >= 0.3 is 0 Å². The second kappa shape index (κ2) is 8.02. The molecule has 4 rings (SSSR count). The third kappa shape index (κ3) is 4.26. The summed E-state index contributed by atoms with van der Waals surface area (Å²) in [5, 5.41) is 12.0. The Morgan fingerprint density at radius 3 is 2.85 bits per heavy atom. The lowest BCUT2D eigenvalue weighted by Gasteiger charge is -2.26. The Labute approximate surface area is 165 Å². The van der Waals surface area contributed by atoms with E-state index in [2.05, 4.69) is 15.5 Å². The molecule has 3 aromatic rings. The molecule has 27 heavy (non-hydrogen) atoms. The van der Waals surface area contributed by atoms with Crippen LogP contribution in [-0.4, -0.2) is 28.5 Å². The van der Waals surface area contributed by atoms with Gasteiger partial charge in [-0.05, 0) is 30.3 Å². The molecule has 1 aliphatic rings. The summed E-state index contributed by atoms with van der Waals surface area (Å²) < 4.78 is 11.2. The van der Waals surface area contributed by atoms with Gasteiger partial charge in [0.15, 0.2) is 0 Å². The Bertz CT molecular complexity index is 945. The molecule has 0 bridgehead atoms. The van der Waals surface area contributed by atoms with E-state index < -0.39 is 0 Å². The number of hydrogen-bond acceptors (Lipinski definition) is 6. The summed E-state index contributed by atoms with van der Waals surface area (Å²) in [5.41, 5.74) is 1.78. The van der Waals surface area contributed by atoms with Crippen LogP contribution in [0.5, 0.6) is 5.75 Å². The quantitative estimate of drug-likeness (QED) is 0.648. The van der Waals surface area contributed by atoms with Crippen LogP contribution in [0.3, 0.4) is 0 Å². The van der Waals surface area contributed by atoms with E-state index in [1.807, 2.05) is 24.3 Å². The summed E-state index contributed by atoms with van der Waals surface area (Å²) in [6, 6.07) is 14.8. The molecule has 1 aliphatic heterocycles. The van der Waals surface area contributed by atoms with Gasteiger partial charge in [-0.15, -0.1) is 10.2 Å². The van der Waals surface area contributed by atoms with Crippen molar-refractivity contribution < 1.29 is 13.9 Å². The molecular formula is C19H16ClN3O3S. The zero-order valence-corrected chi connectivity index (χ0v) is 15.8. The van der Waals surface area contributed by atoms with E-state index in [0.29, 0.717) is 22.7 Å². The number of fused-ring (bicyclic) bond motifs is 1. The average Bonchev–Trinajstić information content (AvgIpc) is 3.16. The number of hydrogen-bond donors (Lipinski definition) is 1. The molecule has 1 amide bonds. The first-order valence-electron chi connectivity index (χ1n) is 8.42. The third-order valence-electron chi connectivity index (χ3n) is 4.12. The Kier molecular flexibility index (Phi) is 5.31. The maximum atomic E-state index is 12.3. The number of ether oxygens (including phenoxy) is 1. The molecule has 1 N–H and O–H groups in total. The lowest BCUT2D eigenvalue weighted by molar-refractivity contribution is -0.119. The minimum atomic E-state index is -0.0899. The smallest absolute Gasteiger partial charge is 0.277 e. The summed E-state index contributed by atoms with van der Waals surface area (Å²) in [7, 11) is 0. The highest BCUT2D eigenvalue weighted by atomic mass is 35.5. The summed E-state index contributed by atoms with van der Waals surface area (Å²) in [6.07, 6.45) is 0.745. The van der Waals surface area contributed by atoms with Crippen LogP contribution in [-0.2, 0) is 4.79 Å². The Hall–Kier alpha value is -2.51. The first-order valence-corrected chi connectivity index (χ1v) is 9.79. The zero-order chi connectivity index (χ0) is 18.6. The fourth-order valence-electron chi connectivity index (χ4n) is 2.83. The van der Waals surface area contributed by atoms with Crippen LogP contribution in [0.2, 0.25) is 5.02 Å². The summed E-state index contributed by atoms with van der Waals surface area (Å²) in [5.74, 6) is 1.33. The van der Waals surface area contributed by atoms with Crippen molar-refractivity contribution in [2.75, 3.05) is 12.4 Å². The number of nitrogens with zero attached hydrogens (tertiary/aromatic N) is 2. The number of para-hydroxylation sites is 1. The fourth-order valence-corrected chi connectivity index (χ4v) is 3.53. The Morgan fingerprint density at radius 1 is 1.19 bits per heavy atom. The van der Waals surface area contributed by atoms with Crippen LogP contribution >= 0.6 is 23.4 Å². The molecule has 0 aliphatic carbocycles. The van der Waals surface area contributed by atoms with E-state index in [0.717, 1.165) is 23.3 Å². The highest BCUT2D eigenvalue weighted by Gasteiger charge is 2.22. The van der Waals surface area contributed by atoms with Crippen molar-refractivity contribution in [3.8, 4) is 17.2 Å². The van der Waals surface area contributed by atoms with Gasteiger partial charge in [-0.2, -0.15) is 0 Å². The normalized spacial score (nSPS) is 15.7. The van der Waals surface area contributed by atoms with Gasteiger partial charge in [0.25, 0.3) is 5.22 Å². The monoisotopic (exact) mass is 401 g/mol. The molecule has 1 aromatic heterocycles. The van der Waals surface area contributed by atoms with Crippen LogP contribution in [0.15, 0.2) is 58.2 Å². The first-order chi connectivity index (χ1) is 13.2. The number of amides is 1. The number of aromatic nitrogens is 2. The topological polar surface area (TPSA) is 77.2 Å². The van der Waals surface area contributed by atoms with E-state index in [4.69, 9.17) is 20.8 Å². The first kappa shape index (κ1) is 17.9. The third-order valence-corrected chi connectivity index (χ3v) is 5.19. The molecule has 2 aromatic carbocycles. The van der Waals surface area contributed by atoms with Crippen molar-refractivity contribution in [3.63, 3.8) is 0 Å². The molecule has 0 radical (unpaired) electrons. The predicted molar refractivity (Wildman–Crippen MR) is 103 cm³/mol. The molecule has 0 saturated heterocycles. The van der Waals surface area contributed by atoms with Crippen molar-refractivity contribution >= 4 is 29.3 Å². The largest absolute Gasteiger partial charge is 0.493 e. The molecule has 6 nitrogen and oxygen atoms in total. The van der Waals surface area contributed by atoms with Crippen molar-refractivity contribution in [1.29, 1.82) is 0 Å². The maximum absolute atomic E-state index is 12.3. The number of rotatable bonds is 5. The second-order valence-electron chi connectivity index (χ2n) is 5.96. The number of carbonyl (C=O) groups excluding carboxylic acids is 1. The minimum Gasteiger partial charge on any atom is -0.493 e. The highest BCUT2D eigenvalue weighted by molar-refractivity contribution is 7.99. The van der Waals surface area contributed by atoms with Crippen LogP contribution < -0.4 is 10.1 Å². The summed E-state index contributed by atoms with van der Waals surface area (Å²) >= 11 is 7.08. The van der Waals surface area contributed by atoms with Crippen molar-refractivity contribution in [2.24, 2.45) is 0 Å². The van der Waals surface area contributed by atoms with E-state index in [1.54, 1.807) is 24.3 Å². The fraction of sp³-hybridized carbons (Fsp3) is 0.211. The lowest BCUT2D eigenvalue weighted by atomic mass is 10.0. The molecule has 0 spiro atoms. The SMILES string of the molecule is O=C(CSc1nnc(-c2ccc(Cl)cc2)o1)NC1CCOc2ccccc21. The van der Waals surface area contributed by atoms with E-state index in [9.17, 15) is 4.79 Å².